The summed E-state index contributed by atoms with van der Waals surface area (Å²) >= 11 is 1.27. The number of carbonyl (C=O) groups is 2. The lowest BCUT2D eigenvalue weighted by molar-refractivity contribution is -0.114. The van der Waals surface area contributed by atoms with E-state index in [1.165, 1.54) is 18.3 Å². The number of ether oxygens (including phenoxy) is 3. The highest BCUT2D eigenvalue weighted by atomic mass is 32.1. The van der Waals surface area contributed by atoms with E-state index < -0.39 is 5.97 Å². The quantitative estimate of drug-likeness (QED) is 0.397. The van der Waals surface area contributed by atoms with Crippen LogP contribution in [0.2, 0.25) is 0 Å². The summed E-state index contributed by atoms with van der Waals surface area (Å²) in [6.45, 7) is 1.39. The molecule has 0 aliphatic rings. The number of rotatable bonds is 7. The van der Waals surface area contributed by atoms with Gasteiger partial charge in [0.05, 0.1) is 36.7 Å². The van der Waals surface area contributed by atoms with E-state index in [0.717, 1.165) is 5.56 Å². The molecule has 0 saturated carbocycles. The van der Waals surface area contributed by atoms with Crippen molar-refractivity contribution in [1.29, 1.82) is 0 Å². The number of para-hydroxylation sites is 1. The lowest BCUT2D eigenvalue weighted by atomic mass is 10.0. The fraction of sp³-hybridized carbons (Fsp3) is 0.167. The molecule has 0 atom stereocenters. The number of carbonyl (C=O) groups excluding carboxylic acids is 2. The third kappa shape index (κ3) is 4.93. The maximum Gasteiger partial charge on any atom is 0.339 e. The number of nitrogens with zero attached hydrogens (tertiary/aromatic N) is 2. The van der Waals surface area contributed by atoms with Crippen molar-refractivity contribution in [3.63, 3.8) is 0 Å². The fourth-order valence-corrected chi connectivity index (χ4v) is 4.03. The third-order valence-electron chi connectivity index (χ3n) is 4.80. The monoisotopic (exact) mass is 463 g/mol. The number of fused-ring (bicyclic) bond motifs is 1. The molecule has 0 spiro atoms. The molecular formula is C24H21N3O5S. The second-order valence-corrected chi connectivity index (χ2v) is 7.90. The number of pyridine rings is 1. The van der Waals surface area contributed by atoms with Gasteiger partial charge in [-0.3, -0.25) is 4.79 Å². The average molecular weight is 464 g/mol. The average Bonchev–Trinajstić information content (AvgIpc) is 3.27. The molecule has 1 N–H and O–H groups in total. The van der Waals surface area contributed by atoms with Gasteiger partial charge in [0.15, 0.2) is 16.6 Å². The molecule has 4 rings (SSSR count). The summed E-state index contributed by atoms with van der Waals surface area (Å²) in [4.78, 5) is 33.2. The number of anilines is 1. The number of methoxy groups -OCH3 is 2. The Hall–Kier alpha value is -3.98. The first-order valence-corrected chi connectivity index (χ1v) is 10.9. The lowest BCUT2D eigenvalue weighted by Crippen LogP contribution is -2.08. The minimum absolute atomic E-state index is 0.0166. The molecule has 33 heavy (non-hydrogen) atoms. The summed E-state index contributed by atoms with van der Waals surface area (Å²) in [5.74, 6) is 0.458. The first-order chi connectivity index (χ1) is 16.0. The smallest absolute Gasteiger partial charge is 0.339 e. The van der Waals surface area contributed by atoms with Crippen molar-refractivity contribution in [2.45, 2.75) is 13.5 Å². The van der Waals surface area contributed by atoms with Crippen molar-refractivity contribution in [2.75, 3.05) is 19.5 Å². The van der Waals surface area contributed by atoms with Crippen LogP contribution in [-0.2, 0) is 16.1 Å². The van der Waals surface area contributed by atoms with Crippen LogP contribution in [0, 0.1) is 0 Å². The van der Waals surface area contributed by atoms with Crippen LogP contribution >= 0.6 is 11.3 Å². The minimum Gasteiger partial charge on any atom is -0.493 e. The van der Waals surface area contributed by atoms with Gasteiger partial charge in [-0.25, -0.2) is 14.8 Å². The van der Waals surface area contributed by atoms with Crippen molar-refractivity contribution in [2.24, 2.45) is 0 Å². The van der Waals surface area contributed by atoms with Crippen LogP contribution in [0.4, 0.5) is 5.13 Å². The van der Waals surface area contributed by atoms with Gasteiger partial charge >= 0.3 is 5.97 Å². The topological polar surface area (TPSA) is 99.6 Å². The van der Waals surface area contributed by atoms with Crippen molar-refractivity contribution >= 4 is 39.2 Å². The zero-order chi connectivity index (χ0) is 23.4. The Morgan fingerprint density at radius 1 is 1.00 bits per heavy atom. The first-order valence-electron chi connectivity index (χ1n) is 10.00. The van der Waals surface area contributed by atoms with Gasteiger partial charge in [-0.05, 0) is 30.3 Å². The molecular weight excluding hydrogens is 442 g/mol. The van der Waals surface area contributed by atoms with Gasteiger partial charge in [-0.2, -0.15) is 0 Å². The number of nitrogens with one attached hydrogen (secondary N) is 1. The standard InChI is InChI=1S/C24H21N3O5S/c1-14(28)25-24-26-16(13-33-24)12-32-23(29)18-11-20(27-19-7-5-4-6-17(18)19)15-8-9-21(30-2)22(10-15)31-3/h4-11,13H,12H2,1-3H3,(H,25,26,28). The van der Waals surface area contributed by atoms with E-state index in [4.69, 9.17) is 19.2 Å². The Balaban J connectivity index is 1.65. The van der Waals surface area contributed by atoms with Gasteiger partial charge < -0.3 is 19.5 Å². The minimum atomic E-state index is -0.496. The third-order valence-corrected chi connectivity index (χ3v) is 5.61. The normalized spacial score (nSPS) is 10.6. The van der Waals surface area contributed by atoms with Crippen LogP contribution in [-0.4, -0.2) is 36.1 Å². The van der Waals surface area contributed by atoms with Crippen molar-refractivity contribution in [3.05, 3.63) is 65.2 Å². The molecule has 0 radical (unpaired) electrons. The number of esters is 1. The van der Waals surface area contributed by atoms with Gasteiger partial charge in [0.25, 0.3) is 0 Å². The van der Waals surface area contributed by atoms with E-state index in [9.17, 15) is 9.59 Å². The summed E-state index contributed by atoms with van der Waals surface area (Å²) in [5, 5.41) is 5.49. The van der Waals surface area contributed by atoms with E-state index in [1.54, 1.807) is 31.7 Å². The summed E-state index contributed by atoms with van der Waals surface area (Å²) < 4.78 is 16.2. The van der Waals surface area contributed by atoms with Gasteiger partial charge in [0, 0.05) is 23.3 Å². The predicted molar refractivity (Wildman–Crippen MR) is 126 cm³/mol. The van der Waals surface area contributed by atoms with Gasteiger partial charge in [0.1, 0.15) is 6.61 Å². The molecule has 0 aliphatic carbocycles. The number of amides is 1. The van der Waals surface area contributed by atoms with E-state index in [-0.39, 0.29) is 12.5 Å². The predicted octanol–water partition coefficient (Wildman–Crippen LogP) is 4.69. The second-order valence-electron chi connectivity index (χ2n) is 7.04. The highest BCUT2D eigenvalue weighted by molar-refractivity contribution is 7.13. The zero-order valence-corrected chi connectivity index (χ0v) is 19.1. The number of thiazole rings is 1. The Morgan fingerprint density at radius 2 is 1.79 bits per heavy atom. The van der Waals surface area contributed by atoms with E-state index >= 15 is 0 Å². The Kier molecular flexibility index (Phi) is 6.50. The van der Waals surface area contributed by atoms with Crippen LogP contribution < -0.4 is 14.8 Å². The largest absolute Gasteiger partial charge is 0.493 e. The van der Waals surface area contributed by atoms with Crippen LogP contribution in [0.5, 0.6) is 11.5 Å². The maximum absolute atomic E-state index is 13.0. The SMILES string of the molecule is COc1ccc(-c2cc(C(=O)OCc3csc(NC(C)=O)n3)c3ccccc3n2)cc1OC. The Bertz CT molecular complexity index is 1330. The molecule has 168 valence electrons. The summed E-state index contributed by atoms with van der Waals surface area (Å²) in [7, 11) is 3.13. The molecule has 2 heterocycles. The molecule has 2 aromatic carbocycles. The highest BCUT2D eigenvalue weighted by Crippen LogP contribution is 2.33. The Labute approximate surface area is 194 Å². The van der Waals surface area contributed by atoms with Crippen LogP contribution in [0.3, 0.4) is 0 Å². The summed E-state index contributed by atoms with van der Waals surface area (Å²) in [5.41, 5.74) is 2.98. The van der Waals surface area contributed by atoms with Crippen LogP contribution in [0.15, 0.2) is 53.9 Å². The molecule has 4 aromatic rings. The summed E-state index contributed by atoms with van der Waals surface area (Å²) in [6.07, 6.45) is 0. The van der Waals surface area contributed by atoms with Crippen LogP contribution in [0.25, 0.3) is 22.2 Å². The van der Waals surface area contributed by atoms with Crippen molar-refractivity contribution in [3.8, 4) is 22.8 Å². The number of aromatic nitrogens is 2. The van der Waals surface area contributed by atoms with Gasteiger partial charge in [-0.1, -0.05) is 18.2 Å². The first kappa shape index (κ1) is 22.2. The van der Waals surface area contributed by atoms with Crippen molar-refractivity contribution in [1.82, 2.24) is 9.97 Å². The molecule has 2 aromatic heterocycles. The molecule has 8 nitrogen and oxygen atoms in total. The molecule has 0 bridgehead atoms. The molecule has 9 heteroatoms. The maximum atomic E-state index is 13.0. The highest BCUT2D eigenvalue weighted by Gasteiger charge is 2.17. The molecule has 0 aliphatic heterocycles. The number of benzene rings is 2. The van der Waals surface area contributed by atoms with E-state index in [2.05, 4.69) is 10.3 Å². The number of hydrogen-bond acceptors (Lipinski definition) is 8. The number of hydrogen-bond donors (Lipinski definition) is 1. The lowest BCUT2D eigenvalue weighted by Gasteiger charge is -2.12. The van der Waals surface area contributed by atoms with Crippen LogP contribution in [0.1, 0.15) is 23.0 Å². The zero-order valence-electron chi connectivity index (χ0n) is 18.2. The second kappa shape index (κ2) is 9.66. The Morgan fingerprint density at radius 3 is 2.55 bits per heavy atom. The summed E-state index contributed by atoms with van der Waals surface area (Å²) in [6, 6.07) is 14.5. The molecule has 1 amide bonds. The van der Waals surface area contributed by atoms with Crippen molar-refractivity contribution < 1.29 is 23.8 Å². The van der Waals surface area contributed by atoms with Gasteiger partial charge in [-0.15, -0.1) is 11.3 Å². The molecule has 0 fully saturated rings. The van der Waals surface area contributed by atoms with E-state index in [0.29, 0.717) is 44.5 Å². The van der Waals surface area contributed by atoms with E-state index in [1.807, 2.05) is 36.4 Å². The molecule has 0 saturated heterocycles. The van der Waals surface area contributed by atoms with Gasteiger partial charge in [0.2, 0.25) is 5.91 Å². The fourth-order valence-electron chi connectivity index (χ4n) is 3.29. The molecule has 0 unspecified atom stereocenters.